The second-order valence-corrected chi connectivity index (χ2v) is 3.79. The van der Waals surface area contributed by atoms with E-state index in [1.807, 2.05) is 4.98 Å². The number of carboxylic acid groups (broad SMARTS) is 1. The molecule has 0 amide bonds. The zero-order chi connectivity index (χ0) is 13.9. The quantitative estimate of drug-likeness (QED) is 0.825. The van der Waals surface area contributed by atoms with Crippen LogP contribution in [0.5, 0.6) is 5.88 Å². The molecular weight excluding hydrogens is 323 g/mol. The van der Waals surface area contributed by atoms with Gasteiger partial charge in [-0.3, -0.25) is 14.6 Å². The van der Waals surface area contributed by atoms with Gasteiger partial charge in [-0.05, 0) is 6.07 Å². The first-order valence-electron chi connectivity index (χ1n) is 4.51. The van der Waals surface area contributed by atoms with Crippen LogP contribution in [-0.2, 0) is 16.5 Å². The number of H-pyrrole nitrogens is 1. The number of aromatic nitrogens is 1. The van der Waals surface area contributed by atoms with Crippen molar-refractivity contribution in [2.24, 2.45) is 0 Å². The highest BCUT2D eigenvalue weighted by atomic mass is 79.9. The molecule has 0 radical (unpaired) electrons. The Labute approximate surface area is 107 Å². The van der Waals surface area contributed by atoms with Gasteiger partial charge in [0.25, 0.3) is 5.56 Å². The van der Waals surface area contributed by atoms with Crippen molar-refractivity contribution in [3.63, 3.8) is 0 Å². The van der Waals surface area contributed by atoms with E-state index in [1.54, 1.807) is 0 Å². The van der Waals surface area contributed by atoms with Crippen molar-refractivity contribution in [1.29, 1.82) is 0 Å². The number of carboxylic acids is 1. The van der Waals surface area contributed by atoms with E-state index < -0.39 is 30.2 Å². The summed E-state index contributed by atoms with van der Waals surface area (Å²) in [6.45, 7) is 0. The Morgan fingerprint density at radius 3 is 2.50 bits per heavy atom. The Morgan fingerprint density at radius 2 is 2.06 bits per heavy atom. The van der Waals surface area contributed by atoms with E-state index in [0.29, 0.717) is 0 Å². The minimum absolute atomic E-state index is 0.0846. The summed E-state index contributed by atoms with van der Waals surface area (Å²) in [7, 11) is 0. The molecule has 0 unspecified atom stereocenters. The number of carbonyl (C=O) groups is 1. The first kappa shape index (κ1) is 14.6. The summed E-state index contributed by atoms with van der Waals surface area (Å²) in [6.07, 6.45) is -5.70. The topological polar surface area (TPSA) is 79.4 Å². The summed E-state index contributed by atoms with van der Waals surface area (Å²) in [5.74, 6) is -2.24. The van der Waals surface area contributed by atoms with E-state index in [-0.39, 0.29) is 16.5 Å². The molecule has 2 N–H and O–H groups in total. The minimum Gasteiger partial charge on any atom is -0.481 e. The monoisotopic (exact) mass is 329 g/mol. The molecule has 0 atom stereocenters. The van der Waals surface area contributed by atoms with Gasteiger partial charge in [-0.25, -0.2) is 0 Å². The van der Waals surface area contributed by atoms with E-state index >= 15 is 0 Å². The van der Waals surface area contributed by atoms with Crippen LogP contribution in [0.25, 0.3) is 0 Å². The largest absolute Gasteiger partial charge is 0.574 e. The number of nitrogens with one attached hydrogen (secondary N) is 1. The van der Waals surface area contributed by atoms with Crippen LogP contribution in [0.1, 0.15) is 11.1 Å². The summed E-state index contributed by atoms with van der Waals surface area (Å²) in [4.78, 5) is 23.7. The molecule has 0 bridgehead atoms. The molecule has 1 aromatic rings. The van der Waals surface area contributed by atoms with Crippen LogP contribution in [0, 0.1) is 0 Å². The molecule has 1 heterocycles. The third-order valence-corrected chi connectivity index (χ3v) is 2.47. The highest BCUT2D eigenvalue weighted by molar-refractivity contribution is 9.08. The molecule has 0 saturated carbocycles. The maximum atomic E-state index is 12.1. The Kier molecular flexibility index (Phi) is 4.38. The van der Waals surface area contributed by atoms with Gasteiger partial charge in [0, 0.05) is 16.5 Å². The van der Waals surface area contributed by atoms with Gasteiger partial charge >= 0.3 is 12.3 Å². The van der Waals surface area contributed by atoms with Gasteiger partial charge in [-0.2, -0.15) is 0 Å². The maximum absolute atomic E-state index is 12.1. The third-order valence-electron chi connectivity index (χ3n) is 1.86. The predicted molar refractivity (Wildman–Crippen MR) is 57.7 cm³/mol. The molecule has 0 fully saturated rings. The first-order valence-corrected chi connectivity index (χ1v) is 5.63. The second kappa shape index (κ2) is 5.42. The van der Waals surface area contributed by atoms with Gasteiger partial charge in [0.05, 0.1) is 6.42 Å². The molecule has 5 nitrogen and oxygen atoms in total. The molecule has 1 rings (SSSR count). The van der Waals surface area contributed by atoms with Crippen molar-refractivity contribution in [2.45, 2.75) is 18.1 Å². The lowest BCUT2D eigenvalue weighted by Crippen LogP contribution is -2.23. The number of alkyl halides is 4. The van der Waals surface area contributed by atoms with Gasteiger partial charge in [0.1, 0.15) is 0 Å². The number of hydrogen-bond acceptors (Lipinski definition) is 3. The van der Waals surface area contributed by atoms with Crippen LogP contribution < -0.4 is 10.3 Å². The number of rotatable bonds is 4. The average molecular weight is 330 g/mol. The maximum Gasteiger partial charge on any atom is 0.574 e. The molecule has 100 valence electrons. The Hall–Kier alpha value is -1.51. The lowest BCUT2D eigenvalue weighted by molar-refractivity contribution is -0.276. The second-order valence-electron chi connectivity index (χ2n) is 3.23. The van der Waals surface area contributed by atoms with E-state index in [0.717, 1.165) is 6.07 Å². The molecule has 0 aliphatic heterocycles. The number of aromatic amines is 1. The zero-order valence-electron chi connectivity index (χ0n) is 8.68. The fraction of sp³-hybridized carbons (Fsp3) is 0.333. The highest BCUT2D eigenvalue weighted by Gasteiger charge is 2.33. The van der Waals surface area contributed by atoms with Gasteiger partial charge in [-0.15, -0.1) is 13.2 Å². The fourth-order valence-electron chi connectivity index (χ4n) is 1.21. The van der Waals surface area contributed by atoms with Crippen molar-refractivity contribution in [2.75, 3.05) is 0 Å². The lowest BCUT2D eigenvalue weighted by Gasteiger charge is -2.12. The molecule has 0 aliphatic rings. The number of hydrogen-bond donors (Lipinski definition) is 2. The van der Waals surface area contributed by atoms with Crippen molar-refractivity contribution >= 4 is 21.9 Å². The van der Waals surface area contributed by atoms with Crippen LogP contribution in [0.4, 0.5) is 13.2 Å². The number of pyridine rings is 1. The first-order chi connectivity index (χ1) is 8.23. The van der Waals surface area contributed by atoms with Gasteiger partial charge in [0.2, 0.25) is 5.88 Å². The summed E-state index contributed by atoms with van der Waals surface area (Å²) < 4.78 is 39.8. The molecular formula is C9H7BrF3NO4. The lowest BCUT2D eigenvalue weighted by atomic mass is 10.1. The van der Waals surface area contributed by atoms with Crippen LogP contribution >= 0.6 is 15.9 Å². The smallest absolute Gasteiger partial charge is 0.481 e. The average Bonchev–Trinajstić information content (AvgIpc) is 2.19. The molecule has 0 aliphatic carbocycles. The number of ether oxygens (including phenoxy) is 1. The molecule has 0 spiro atoms. The van der Waals surface area contributed by atoms with Crippen LogP contribution in [-0.4, -0.2) is 22.4 Å². The highest BCUT2D eigenvalue weighted by Crippen LogP contribution is 2.24. The molecule has 0 aromatic carbocycles. The van der Waals surface area contributed by atoms with Gasteiger partial charge in [-0.1, -0.05) is 15.9 Å². The summed E-state index contributed by atoms with van der Waals surface area (Å²) in [6, 6.07) is 1.06. The molecule has 0 saturated heterocycles. The molecule has 18 heavy (non-hydrogen) atoms. The van der Waals surface area contributed by atoms with E-state index in [1.165, 1.54) is 0 Å². The van der Waals surface area contributed by atoms with Crippen LogP contribution in [0.3, 0.4) is 0 Å². The standard InChI is InChI=1S/C9H7BrF3NO4/c10-3-5-1-4(2-6(15)16)8(14-7(5)17)18-9(11,12)13/h1H,2-3H2,(H,14,17)(H,15,16). The summed E-state index contributed by atoms with van der Waals surface area (Å²) >= 11 is 2.96. The summed E-state index contributed by atoms with van der Waals surface area (Å²) in [5, 5.41) is 8.67. The zero-order valence-corrected chi connectivity index (χ0v) is 10.3. The number of halogens is 4. The Balaban J connectivity index is 3.25. The normalized spacial score (nSPS) is 11.3. The van der Waals surface area contributed by atoms with Crippen molar-refractivity contribution in [3.05, 3.63) is 27.5 Å². The number of aliphatic carboxylic acids is 1. The molecule has 9 heteroatoms. The fourth-order valence-corrected chi connectivity index (χ4v) is 1.62. The van der Waals surface area contributed by atoms with Crippen molar-refractivity contribution < 1.29 is 27.8 Å². The van der Waals surface area contributed by atoms with Gasteiger partial charge in [0.15, 0.2) is 0 Å². The Morgan fingerprint density at radius 1 is 1.44 bits per heavy atom. The van der Waals surface area contributed by atoms with E-state index in [9.17, 15) is 22.8 Å². The molecule has 1 aromatic heterocycles. The van der Waals surface area contributed by atoms with Crippen LogP contribution in [0.15, 0.2) is 10.9 Å². The SMILES string of the molecule is O=C(O)Cc1cc(CBr)c(=O)[nH]c1OC(F)(F)F. The van der Waals surface area contributed by atoms with Crippen molar-refractivity contribution in [3.8, 4) is 5.88 Å². The predicted octanol–water partition coefficient (Wildman–Crippen LogP) is 1.80. The van der Waals surface area contributed by atoms with Crippen LogP contribution in [0.2, 0.25) is 0 Å². The van der Waals surface area contributed by atoms with Gasteiger partial charge < -0.3 is 9.84 Å². The minimum atomic E-state index is -5.01. The summed E-state index contributed by atoms with van der Waals surface area (Å²) in [5.41, 5.74) is -0.921. The van der Waals surface area contributed by atoms with Crippen molar-refractivity contribution in [1.82, 2.24) is 4.98 Å². The Bertz CT molecular complexity index is 512. The third kappa shape index (κ3) is 4.06. The van der Waals surface area contributed by atoms with E-state index in [4.69, 9.17) is 5.11 Å². The van der Waals surface area contributed by atoms with E-state index in [2.05, 4.69) is 20.7 Å².